The fraction of sp³-hybridized carbons (Fsp3) is 1.00. The van der Waals surface area contributed by atoms with Crippen molar-refractivity contribution in [3.63, 3.8) is 0 Å². The lowest BCUT2D eigenvalue weighted by molar-refractivity contribution is 0.153. The molecule has 2 atom stereocenters. The van der Waals surface area contributed by atoms with Crippen molar-refractivity contribution in [1.82, 2.24) is 0 Å². The Morgan fingerprint density at radius 1 is 1.25 bits per heavy atom. The fourth-order valence-corrected chi connectivity index (χ4v) is 1.38. The van der Waals surface area contributed by atoms with Gasteiger partial charge < -0.3 is 10.5 Å². The summed E-state index contributed by atoms with van der Waals surface area (Å²) in [6.07, 6.45) is 4.67. The van der Waals surface area contributed by atoms with Crippen LogP contribution in [0.15, 0.2) is 0 Å². The molecule has 0 saturated carbocycles. The summed E-state index contributed by atoms with van der Waals surface area (Å²) in [5, 5.41) is 0. The Kier molecular flexibility index (Phi) is 7.51. The SMILES string of the molecule is CCCC(N)CCC(C)COC. The zero-order chi connectivity index (χ0) is 9.40. The number of nitrogens with two attached hydrogens (primary N) is 1. The third-order valence-corrected chi connectivity index (χ3v) is 2.14. The van der Waals surface area contributed by atoms with Crippen molar-refractivity contribution in [2.45, 2.75) is 45.6 Å². The van der Waals surface area contributed by atoms with E-state index >= 15 is 0 Å². The van der Waals surface area contributed by atoms with Crippen molar-refractivity contribution in [1.29, 1.82) is 0 Å². The summed E-state index contributed by atoms with van der Waals surface area (Å²) in [7, 11) is 1.75. The van der Waals surface area contributed by atoms with Crippen molar-refractivity contribution >= 4 is 0 Å². The van der Waals surface area contributed by atoms with E-state index in [9.17, 15) is 0 Å². The van der Waals surface area contributed by atoms with Crippen LogP contribution in [-0.4, -0.2) is 19.8 Å². The zero-order valence-electron chi connectivity index (χ0n) is 8.68. The van der Waals surface area contributed by atoms with E-state index in [1.165, 1.54) is 12.8 Å². The number of rotatable bonds is 7. The van der Waals surface area contributed by atoms with Gasteiger partial charge >= 0.3 is 0 Å². The van der Waals surface area contributed by atoms with E-state index in [4.69, 9.17) is 10.5 Å². The van der Waals surface area contributed by atoms with Crippen LogP contribution in [0, 0.1) is 5.92 Å². The smallest absolute Gasteiger partial charge is 0.0487 e. The molecule has 2 nitrogen and oxygen atoms in total. The van der Waals surface area contributed by atoms with Gasteiger partial charge in [0.25, 0.3) is 0 Å². The van der Waals surface area contributed by atoms with E-state index in [-0.39, 0.29) is 0 Å². The van der Waals surface area contributed by atoms with Gasteiger partial charge in [0.1, 0.15) is 0 Å². The first-order valence-corrected chi connectivity index (χ1v) is 4.95. The molecule has 0 aromatic carbocycles. The van der Waals surface area contributed by atoms with Crippen LogP contribution in [0.4, 0.5) is 0 Å². The predicted octanol–water partition coefficient (Wildman–Crippen LogP) is 2.18. The van der Waals surface area contributed by atoms with Crippen molar-refractivity contribution < 1.29 is 4.74 Å². The molecule has 2 heteroatoms. The van der Waals surface area contributed by atoms with Gasteiger partial charge in [-0.25, -0.2) is 0 Å². The minimum Gasteiger partial charge on any atom is -0.384 e. The van der Waals surface area contributed by atoms with E-state index < -0.39 is 0 Å². The molecule has 0 saturated heterocycles. The minimum absolute atomic E-state index is 0.398. The van der Waals surface area contributed by atoms with Crippen molar-refractivity contribution in [2.24, 2.45) is 11.7 Å². The van der Waals surface area contributed by atoms with Gasteiger partial charge in [-0.2, -0.15) is 0 Å². The van der Waals surface area contributed by atoms with Gasteiger partial charge in [-0.05, 0) is 25.2 Å². The quantitative estimate of drug-likeness (QED) is 0.640. The third kappa shape index (κ3) is 6.62. The van der Waals surface area contributed by atoms with Gasteiger partial charge in [-0.15, -0.1) is 0 Å². The molecule has 12 heavy (non-hydrogen) atoms. The average Bonchev–Trinajstić information content (AvgIpc) is 2.02. The molecule has 2 N–H and O–H groups in total. The first-order valence-electron chi connectivity index (χ1n) is 4.95. The molecule has 0 aliphatic rings. The van der Waals surface area contributed by atoms with Crippen molar-refractivity contribution in [2.75, 3.05) is 13.7 Å². The second-order valence-electron chi connectivity index (χ2n) is 3.69. The summed E-state index contributed by atoms with van der Waals surface area (Å²) >= 11 is 0. The van der Waals surface area contributed by atoms with Gasteiger partial charge in [0.15, 0.2) is 0 Å². The lowest BCUT2D eigenvalue weighted by Crippen LogP contribution is -2.20. The molecule has 0 aliphatic carbocycles. The largest absolute Gasteiger partial charge is 0.384 e. The highest BCUT2D eigenvalue weighted by atomic mass is 16.5. The fourth-order valence-electron chi connectivity index (χ4n) is 1.38. The molecular formula is C10H23NO. The topological polar surface area (TPSA) is 35.2 Å². The van der Waals surface area contributed by atoms with Gasteiger partial charge in [-0.3, -0.25) is 0 Å². The van der Waals surface area contributed by atoms with Crippen molar-refractivity contribution in [3.05, 3.63) is 0 Å². The molecular weight excluding hydrogens is 150 g/mol. The van der Waals surface area contributed by atoms with Crippen LogP contribution in [0.5, 0.6) is 0 Å². The van der Waals surface area contributed by atoms with Gasteiger partial charge in [-0.1, -0.05) is 20.3 Å². The molecule has 74 valence electrons. The summed E-state index contributed by atoms with van der Waals surface area (Å²) in [5.41, 5.74) is 5.89. The highest BCUT2D eigenvalue weighted by molar-refractivity contribution is 4.62. The Hall–Kier alpha value is -0.0800. The maximum atomic E-state index is 5.89. The maximum absolute atomic E-state index is 5.89. The highest BCUT2D eigenvalue weighted by Crippen LogP contribution is 2.09. The molecule has 0 spiro atoms. The summed E-state index contributed by atoms with van der Waals surface area (Å²) in [6.45, 7) is 5.25. The molecule has 0 heterocycles. The first-order chi connectivity index (χ1) is 5.70. The Bertz CT molecular complexity index is 83.8. The summed E-state index contributed by atoms with van der Waals surface area (Å²) in [5.74, 6) is 0.651. The minimum atomic E-state index is 0.398. The molecule has 0 rings (SSSR count). The van der Waals surface area contributed by atoms with Crippen LogP contribution in [-0.2, 0) is 4.74 Å². The Balaban J connectivity index is 3.27. The average molecular weight is 173 g/mol. The Morgan fingerprint density at radius 3 is 2.42 bits per heavy atom. The highest BCUT2D eigenvalue weighted by Gasteiger charge is 2.05. The zero-order valence-corrected chi connectivity index (χ0v) is 8.68. The van der Waals surface area contributed by atoms with Gasteiger partial charge in [0.2, 0.25) is 0 Å². The molecule has 0 bridgehead atoms. The number of hydrogen-bond donors (Lipinski definition) is 1. The lowest BCUT2D eigenvalue weighted by Gasteiger charge is -2.13. The third-order valence-electron chi connectivity index (χ3n) is 2.14. The maximum Gasteiger partial charge on any atom is 0.0487 e. The molecule has 0 radical (unpaired) electrons. The molecule has 0 aromatic heterocycles. The summed E-state index contributed by atoms with van der Waals surface area (Å²) in [4.78, 5) is 0. The molecule has 0 amide bonds. The van der Waals surface area contributed by atoms with Crippen LogP contribution in [0.25, 0.3) is 0 Å². The van der Waals surface area contributed by atoms with Crippen LogP contribution in [0.2, 0.25) is 0 Å². The Labute approximate surface area is 76.5 Å². The number of methoxy groups -OCH3 is 1. The van der Waals surface area contributed by atoms with E-state index in [2.05, 4.69) is 13.8 Å². The van der Waals surface area contributed by atoms with E-state index in [1.54, 1.807) is 7.11 Å². The standard InChI is InChI=1S/C10H23NO/c1-4-5-10(11)7-6-9(2)8-12-3/h9-10H,4-8,11H2,1-3H3. The van der Waals surface area contributed by atoms with Crippen LogP contribution >= 0.6 is 0 Å². The summed E-state index contributed by atoms with van der Waals surface area (Å²) in [6, 6.07) is 0.398. The summed E-state index contributed by atoms with van der Waals surface area (Å²) < 4.78 is 5.06. The van der Waals surface area contributed by atoms with E-state index in [1.807, 2.05) is 0 Å². The molecule has 0 fully saturated rings. The molecule has 0 aliphatic heterocycles. The second kappa shape index (κ2) is 7.56. The van der Waals surface area contributed by atoms with E-state index in [0.717, 1.165) is 19.4 Å². The van der Waals surface area contributed by atoms with Crippen molar-refractivity contribution in [3.8, 4) is 0 Å². The van der Waals surface area contributed by atoms with Gasteiger partial charge in [0.05, 0.1) is 0 Å². The van der Waals surface area contributed by atoms with Crippen LogP contribution in [0.3, 0.4) is 0 Å². The molecule has 0 aromatic rings. The number of hydrogen-bond acceptors (Lipinski definition) is 2. The van der Waals surface area contributed by atoms with Crippen LogP contribution in [0.1, 0.15) is 39.5 Å². The van der Waals surface area contributed by atoms with Gasteiger partial charge in [0, 0.05) is 19.8 Å². The first kappa shape index (κ1) is 11.9. The lowest BCUT2D eigenvalue weighted by atomic mass is 10.0. The molecule has 2 unspecified atom stereocenters. The monoisotopic (exact) mass is 173 g/mol. The predicted molar refractivity (Wildman–Crippen MR) is 53.2 cm³/mol. The Morgan fingerprint density at radius 2 is 1.92 bits per heavy atom. The second-order valence-corrected chi connectivity index (χ2v) is 3.69. The van der Waals surface area contributed by atoms with Crippen LogP contribution < -0.4 is 5.73 Å². The normalized spacial score (nSPS) is 16.0. The number of ether oxygens (including phenoxy) is 1. The van der Waals surface area contributed by atoms with E-state index in [0.29, 0.717) is 12.0 Å².